The van der Waals surface area contributed by atoms with Crippen LogP contribution in [0.3, 0.4) is 0 Å². The van der Waals surface area contributed by atoms with Gasteiger partial charge in [-0.1, -0.05) is 18.2 Å². The Morgan fingerprint density at radius 3 is 2.89 bits per heavy atom. The molecular weight excluding hydrogens is 362 g/mol. The number of esters is 1. The summed E-state index contributed by atoms with van der Waals surface area (Å²) in [6.45, 7) is -3.06. The minimum atomic E-state index is -3.06. The van der Waals surface area contributed by atoms with Gasteiger partial charge in [0.2, 0.25) is 11.8 Å². The summed E-state index contributed by atoms with van der Waals surface area (Å²) in [7, 11) is 1.23. The molecule has 1 aliphatic rings. The summed E-state index contributed by atoms with van der Waals surface area (Å²) in [4.78, 5) is 11.7. The number of fused-ring (bicyclic) bond motifs is 1. The molecule has 1 atom stereocenters. The highest BCUT2D eigenvalue weighted by atomic mass is 19.3. The van der Waals surface area contributed by atoms with Crippen molar-refractivity contribution in [1.82, 2.24) is 10.2 Å². The Labute approximate surface area is 152 Å². The van der Waals surface area contributed by atoms with E-state index >= 15 is 0 Å². The van der Waals surface area contributed by atoms with Crippen LogP contribution in [0.2, 0.25) is 0 Å². The minimum Gasteiger partial charge on any atom is -0.469 e. The smallest absolute Gasteiger partial charge is 0.387 e. The van der Waals surface area contributed by atoms with Crippen molar-refractivity contribution < 1.29 is 27.8 Å². The lowest BCUT2D eigenvalue weighted by molar-refractivity contribution is -0.139. The van der Waals surface area contributed by atoms with E-state index in [-0.39, 0.29) is 35.1 Å². The largest absolute Gasteiger partial charge is 0.469 e. The van der Waals surface area contributed by atoms with Gasteiger partial charge in [-0.05, 0) is 6.07 Å². The number of nitrogens with two attached hydrogens (primary N) is 1. The van der Waals surface area contributed by atoms with Crippen molar-refractivity contribution in [3.63, 3.8) is 0 Å². The second-order valence-electron chi connectivity index (χ2n) is 5.52. The van der Waals surface area contributed by atoms with Gasteiger partial charge in [0.1, 0.15) is 17.4 Å². The predicted molar refractivity (Wildman–Crippen MR) is 86.7 cm³/mol. The Bertz CT molecular complexity index is 949. The summed E-state index contributed by atoms with van der Waals surface area (Å²) in [5.41, 5.74) is 6.71. The monoisotopic (exact) mass is 376 g/mol. The van der Waals surface area contributed by atoms with Gasteiger partial charge in [0, 0.05) is 5.56 Å². The zero-order valence-electron chi connectivity index (χ0n) is 14.0. The zero-order valence-corrected chi connectivity index (χ0v) is 14.0. The molecule has 1 aliphatic heterocycles. The van der Waals surface area contributed by atoms with Crippen LogP contribution in [-0.2, 0) is 16.0 Å². The Kier molecular flexibility index (Phi) is 4.94. The van der Waals surface area contributed by atoms with Gasteiger partial charge in [0.25, 0.3) is 0 Å². The maximum atomic E-state index is 12.8. The number of nitrogens with zero attached hydrogens (tertiary/aromatic N) is 2. The van der Waals surface area contributed by atoms with E-state index in [1.165, 1.54) is 25.3 Å². The number of nitrogens with one attached hydrogen (secondary N) is 1. The third kappa shape index (κ3) is 3.39. The van der Waals surface area contributed by atoms with Gasteiger partial charge < -0.3 is 19.9 Å². The van der Waals surface area contributed by atoms with Gasteiger partial charge in [-0.15, -0.1) is 5.10 Å². The maximum Gasteiger partial charge on any atom is 0.387 e. The van der Waals surface area contributed by atoms with Crippen LogP contribution >= 0.6 is 0 Å². The highest BCUT2D eigenvalue weighted by Gasteiger charge is 2.37. The lowest BCUT2D eigenvalue weighted by Crippen LogP contribution is -2.22. The lowest BCUT2D eigenvalue weighted by atomic mass is 9.83. The van der Waals surface area contributed by atoms with Crippen molar-refractivity contribution >= 4 is 5.97 Å². The van der Waals surface area contributed by atoms with Crippen LogP contribution in [0.5, 0.6) is 11.6 Å². The van der Waals surface area contributed by atoms with Gasteiger partial charge >= 0.3 is 12.6 Å². The number of allylic oxidation sites excluding steroid dienone is 1. The number of rotatable bonds is 5. The summed E-state index contributed by atoms with van der Waals surface area (Å²) in [5, 5.41) is 16.2. The molecule has 0 bridgehead atoms. The maximum absolute atomic E-state index is 12.8. The molecular formula is C17H14F2N4O4. The number of aromatic amines is 1. The number of H-pyrrole nitrogens is 1. The third-order valence-electron chi connectivity index (χ3n) is 4.01. The van der Waals surface area contributed by atoms with Gasteiger partial charge in [-0.2, -0.15) is 14.0 Å². The van der Waals surface area contributed by atoms with E-state index in [1.54, 1.807) is 6.07 Å². The first-order valence-electron chi connectivity index (χ1n) is 7.71. The number of hydrogen-bond donors (Lipinski definition) is 2. The normalized spacial score (nSPS) is 15.7. The molecule has 0 aliphatic carbocycles. The van der Waals surface area contributed by atoms with Crippen molar-refractivity contribution in [3.05, 3.63) is 52.5 Å². The van der Waals surface area contributed by atoms with E-state index in [0.717, 1.165) is 0 Å². The third-order valence-corrected chi connectivity index (χ3v) is 4.01. The van der Waals surface area contributed by atoms with E-state index < -0.39 is 18.5 Å². The van der Waals surface area contributed by atoms with Crippen molar-refractivity contribution in [2.45, 2.75) is 19.0 Å². The average Bonchev–Trinajstić information content (AvgIpc) is 3.02. The number of alkyl halides is 2. The summed E-state index contributed by atoms with van der Waals surface area (Å²) in [6.07, 6.45) is -0.185. The molecule has 0 amide bonds. The Balaban J connectivity index is 2.19. The first kappa shape index (κ1) is 18.2. The summed E-state index contributed by atoms with van der Waals surface area (Å²) >= 11 is 0. The van der Waals surface area contributed by atoms with Crippen LogP contribution in [-0.4, -0.2) is 29.9 Å². The summed E-state index contributed by atoms with van der Waals surface area (Å²) in [6, 6.07) is 7.94. The Hall–Kier alpha value is -3.61. The van der Waals surface area contributed by atoms with Crippen LogP contribution < -0.4 is 15.2 Å². The molecule has 10 heteroatoms. The van der Waals surface area contributed by atoms with E-state index in [0.29, 0.717) is 11.3 Å². The second kappa shape index (κ2) is 7.33. The Morgan fingerprint density at radius 2 is 2.22 bits per heavy atom. The highest BCUT2D eigenvalue weighted by Crippen LogP contribution is 2.45. The molecule has 1 aromatic heterocycles. The van der Waals surface area contributed by atoms with Crippen LogP contribution in [0.1, 0.15) is 22.7 Å². The number of halogens is 2. The van der Waals surface area contributed by atoms with Crippen LogP contribution in [0.25, 0.3) is 0 Å². The average molecular weight is 376 g/mol. The van der Waals surface area contributed by atoms with Crippen molar-refractivity contribution in [1.29, 1.82) is 5.26 Å². The fourth-order valence-corrected chi connectivity index (χ4v) is 2.89. The highest BCUT2D eigenvalue weighted by molar-refractivity contribution is 5.73. The fraction of sp³-hybridized carbons (Fsp3) is 0.235. The number of hydrogen-bond acceptors (Lipinski definition) is 7. The minimum absolute atomic E-state index is 0.0136. The first-order chi connectivity index (χ1) is 13.0. The number of benzene rings is 1. The molecule has 2 heterocycles. The number of ether oxygens (including phenoxy) is 3. The summed E-state index contributed by atoms with van der Waals surface area (Å²) in [5.74, 6) is -1.76. The number of aromatic nitrogens is 2. The van der Waals surface area contributed by atoms with Gasteiger partial charge in [0.15, 0.2) is 0 Å². The predicted octanol–water partition coefficient (Wildman–Crippen LogP) is 1.94. The molecule has 0 spiro atoms. The number of nitriles is 1. The van der Waals surface area contributed by atoms with Crippen LogP contribution in [0, 0.1) is 11.3 Å². The molecule has 27 heavy (non-hydrogen) atoms. The van der Waals surface area contributed by atoms with Crippen molar-refractivity contribution in [2.24, 2.45) is 5.73 Å². The van der Waals surface area contributed by atoms with E-state index in [2.05, 4.69) is 19.7 Å². The van der Waals surface area contributed by atoms with E-state index in [9.17, 15) is 18.8 Å². The van der Waals surface area contributed by atoms with Gasteiger partial charge in [-0.25, -0.2) is 0 Å². The molecule has 0 saturated heterocycles. The SMILES string of the molecule is COC(=O)Cc1[nH]nc2c1[C@@H](c1ccccc1OC(F)F)C(C#N)=C(N)O2. The topological polar surface area (TPSA) is 123 Å². The lowest BCUT2D eigenvalue weighted by Gasteiger charge is -2.25. The molecule has 0 fully saturated rings. The van der Waals surface area contributed by atoms with Gasteiger partial charge in [0.05, 0.1) is 30.7 Å². The second-order valence-corrected chi connectivity index (χ2v) is 5.52. The molecule has 2 aromatic rings. The molecule has 1 aromatic carbocycles. The molecule has 3 rings (SSSR count). The number of para-hydroxylation sites is 1. The molecule has 0 radical (unpaired) electrons. The molecule has 140 valence electrons. The molecule has 8 nitrogen and oxygen atoms in total. The van der Waals surface area contributed by atoms with Crippen molar-refractivity contribution in [2.75, 3.05) is 7.11 Å². The standard InChI is InChI=1S/C17H14F2N4O4/c1-25-12(24)6-10-14-13(8-4-2-3-5-11(8)26-17(18)19)9(7-20)15(21)27-16(14)23-22-10/h2-5,13,17H,6,21H2,1H3,(H,22,23)/t13-/m0/s1. The van der Waals surface area contributed by atoms with Gasteiger partial charge in [-0.3, -0.25) is 9.89 Å². The van der Waals surface area contributed by atoms with E-state index in [1.807, 2.05) is 6.07 Å². The number of carbonyl (C=O) groups is 1. The fourth-order valence-electron chi connectivity index (χ4n) is 2.89. The first-order valence-corrected chi connectivity index (χ1v) is 7.71. The van der Waals surface area contributed by atoms with E-state index in [4.69, 9.17) is 10.5 Å². The zero-order chi connectivity index (χ0) is 19.6. The molecule has 0 saturated carbocycles. The number of methoxy groups -OCH3 is 1. The van der Waals surface area contributed by atoms with Crippen LogP contribution in [0.15, 0.2) is 35.7 Å². The molecule has 0 unspecified atom stereocenters. The van der Waals surface area contributed by atoms with Crippen molar-refractivity contribution in [3.8, 4) is 17.7 Å². The quantitative estimate of drug-likeness (QED) is 0.765. The Morgan fingerprint density at radius 1 is 1.48 bits per heavy atom. The molecule has 3 N–H and O–H groups in total. The number of carbonyl (C=O) groups excluding carboxylic acids is 1. The summed E-state index contributed by atoms with van der Waals surface area (Å²) < 4.78 is 40.3. The van der Waals surface area contributed by atoms with Crippen LogP contribution in [0.4, 0.5) is 8.78 Å².